The van der Waals surface area contributed by atoms with Gasteiger partial charge in [0, 0.05) is 31.4 Å². The number of rotatable bonds is 5. The molecule has 0 amide bonds. The molecule has 1 aliphatic rings. The molecule has 2 atom stereocenters. The Hall–Kier alpha value is -1.41. The van der Waals surface area contributed by atoms with Crippen molar-refractivity contribution < 1.29 is 23.0 Å². The fourth-order valence-corrected chi connectivity index (χ4v) is 2.35. The molecule has 1 fully saturated rings. The number of alkyl halides is 3. The number of aryl methyl sites for hydroxylation is 1. The van der Waals surface area contributed by atoms with Gasteiger partial charge in [-0.1, -0.05) is 0 Å². The topological polar surface area (TPSA) is 58.5 Å². The van der Waals surface area contributed by atoms with E-state index in [2.05, 4.69) is 9.97 Å². The summed E-state index contributed by atoms with van der Waals surface area (Å²) < 4.78 is 42.4. The molecule has 8 heteroatoms. The highest BCUT2D eigenvalue weighted by atomic mass is 19.4. The monoisotopic (exact) mass is 319 g/mol. The number of aliphatic hydroxyl groups is 1. The summed E-state index contributed by atoms with van der Waals surface area (Å²) >= 11 is 0. The van der Waals surface area contributed by atoms with E-state index in [1.165, 1.54) is 12.3 Å². The molecule has 0 saturated carbocycles. The number of anilines is 1. The molecule has 1 aromatic heterocycles. The molecule has 0 radical (unpaired) electrons. The van der Waals surface area contributed by atoms with Crippen LogP contribution >= 0.6 is 0 Å². The third kappa shape index (κ3) is 4.81. The molecule has 1 aliphatic heterocycles. The van der Waals surface area contributed by atoms with Gasteiger partial charge in [-0.3, -0.25) is 0 Å². The largest absolute Gasteiger partial charge is 0.389 e. The molecular weight excluding hydrogens is 299 g/mol. The summed E-state index contributed by atoms with van der Waals surface area (Å²) in [5.41, 5.74) is 0.338. The SMILES string of the molecule is CC(C)O[C@H]1CN(c2nccc(CCC(F)(F)F)n2)C[C@@H]1O. The number of ether oxygens (including phenoxy) is 1. The highest BCUT2D eigenvalue weighted by Gasteiger charge is 2.34. The Morgan fingerprint density at radius 2 is 2.14 bits per heavy atom. The van der Waals surface area contributed by atoms with Gasteiger partial charge in [0.15, 0.2) is 0 Å². The van der Waals surface area contributed by atoms with Gasteiger partial charge < -0.3 is 14.7 Å². The molecular formula is C14H20F3N3O2. The number of nitrogens with zero attached hydrogens (tertiary/aromatic N) is 3. The highest BCUT2D eigenvalue weighted by molar-refractivity contribution is 5.33. The summed E-state index contributed by atoms with van der Waals surface area (Å²) in [4.78, 5) is 9.97. The van der Waals surface area contributed by atoms with E-state index in [4.69, 9.17) is 4.74 Å². The molecule has 1 saturated heterocycles. The van der Waals surface area contributed by atoms with Crippen LogP contribution in [0.5, 0.6) is 0 Å². The van der Waals surface area contributed by atoms with Gasteiger partial charge in [0.05, 0.1) is 12.2 Å². The van der Waals surface area contributed by atoms with Gasteiger partial charge in [-0.2, -0.15) is 13.2 Å². The Bertz CT molecular complexity index is 496. The van der Waals surface area contributed by atoms with E-state index in [1.807, 2.05) is 13.8 Å². The first kappa shape index (κ1) is 17.0. The highest BCUT2D eigenvalue weighted by Crippen LogP contribution is 2.23. The lowest BCUT2D eigenvalue weighted by Gasteiger charge is -2.18. The van der Waals surface area contributed by atoms with E-state index in [-0.39, 0.29) is 18.6 Å². The van der Waals surface area contributed by atoms with Crippen molar-refractivity contribution in [3.8, 4) is 0 Å². The zero-order chi connectivity index (χ0) is 16.3. The van der Waals surface area contributed by atoms with E-state index in [9.17, 15) is 18.3 Å². The van der Waals surface area contributed by atoms with Gasteiger partial charge in [-0.05, 0) is 26.3 Å². The summed E-state index contributed by atoms with van der Waals surface area (Å²) in [6, 6.07) is 1.48. The maximum absolute atomic E-state index is 12.3. The van der Waals surface area contributed by atoms with Gasteiger partial charge in [0.1, 0.15) is 6.10 Å². The molecule has 0 spiro atoms. The predicted molar refractivity (Wildman–Crippen MR) is 74.6 cm³/mol. The molecule has 2 heterocycles. The standard InChI is InChI=1S/C14H20F3N3O2/c1-9(2)22-12-8-20(7-11(12)21)13-18-6-4-10(19-13)3-5-14(15,16)17/h4,6,9,11-12,21H,3,5,7-8H2,1-2H3/t11-,12-/m0/s1. The summed E-state index contributed by atoms with van der Waals surface area (Å²) in [7, 11) is 0. The maximum atomic E-state index is 12.3. The lowest BCUT2D eigenvalue weighted by Crippen LogP contribution is -2.29. The van der Waals surface area contributed by atoms with E-state index < -0.39 is 18.7 Å². The molecule has 0 bridgehead atoms. The van der Waals surface area contributed by atoms with Crippen LogP contribution in [0.25, 0.3) is 0 Å². The van der Waals surface area contributed by atoms with Crippen LogP contribution in [-0.4, -0.2) is 52.7 Å². The lowest BCUT2D eigenvalue weighted by atomic mass is 10.2. The molecule has 1 N–H and O–H groups in total. The number of hydrogen-bond donors (Lipinski definition) is 1. The van der Waals surface area contributed by atoms with Crippen LogP contribution in [0.1, 0.15) is 26.0 Å². The molecule has 124 valence electrons. The van der Waals surface area contributed by atoms with Crippen molar-refractivity contribution in [3.05, 3.63) is 18.0 Å². The average molecular weight is 319 g/mol. The molecule has 0 aromatic carbocycles. The molecule has 2 rings (SSSR count). The molecule has 22 heavy (non-hydrogen) atoms. The van der Waals surface area contributed by atoms with Gasteiger partial charge in [-0.25, -0.2) is 9.97 Å². The average Bonchev–Trinajstić information content (AvgIpc) is 2.77. The fourth-order valence-electron chi connectivity index (χ4n) is 2.35. The first-order chi connectivity index (χ1) is 10.2. The molecule has 0 aliphatic carbocycles. The summed E-state index contributed by atoms with van der Waals surface area (Å²) in [6.45, 7) is 4.48. The Morgan fingerprint density at radius 1 is 1.41 bits per heavy atom. The Morgan fingerprint density at radius 3 is 2.77 bits per heavy atom. The quantitative estimate of drug-likeness (QED) is 0.899. The first-order valence-electron chi connectivity index (χ1n) is 7.22. The minimum Gasteiger partial charge on any atom is -0.388 e. The van der Waals surface area contributed by atoms with Crippen molar-refractivity contribution in [1.29, 1.82) is 0 Å². The van der Waals surface area contributed by atoms with Gasteiger partial charge in [0.2, 0.25) is 5.95 Å². The second-order valence-electron chi connectivity index (χ2n) is 5.66. The van der Waals surface area contributed by atoms with Crippen LogP contribution in [0, 0.1) is 0 Å². The van der Waals surface area contributed by atoms with Crippen LogP contribution < -0.4 is 4.90 Å². The maximum Gasteiger partial charge on any atom is 0.389 e. The van der Waals surface area contributed by atoms with Gasteiger partial charge in [-0.15, -0.1) is 0 Å². The van der Waals surface area contributed by atoms with Crippen molar-refractivity contribution in [2.45, 2.75) is 51.2 Å². The van der Waals surface area contributed by atoms with Crippen LogP contribution in [0.2, 0.25) is 0 Å². The van der Waals surface area contributed by atoms with Gasteiger partial charge in [0.25, 0.3) is 0 Å². The molecule has 0 unspecified atom stereocenters. The first-order valence-corrected chi connectivity index (χ1v) is 7.22. The van der Waals surface area contributed by atoms with Crippen molar-refractivity contribution in [2.24, 2.45) is 0 Å². The normalized spacial score (nSPS) is 22.6. The van der Waals surface area contributed by atoms with Crippen molar-refractivity contribution in [3.63, 3.8) is 0 Å². The van der Waals surface area contributed by atoms with Crippen LogP contribution in [0.3, 0.4) is 0 Å². The summed E-state index contributed by atoms with van der Waals surface area (Å²) in [5, 5.41) is 9.98. The Labute approximate surface area is 127 Å². The van der Waals surface area contributed by atoms with Crippen molar-refractivity contribution >= 4 is 5.95 Å². The number of hydrogen-bond acceptors (Lipinski definition) is 5. The predicted octanol–water partition coefficient (Wildman–Crippen LogP) is 1.95. The van der Waals surface area contributed by atoms with Crippen molar-refractivity contribution in [1.82, 2.24) is 9.97 Å². The van der Waals surface area contributed by atoms with E-state index in [1.54, 1.807) is 4.90 Å². The number of aromatic nitrogens is 2. The van der Waals surface area contributed by atoms with Crippen molar-refractivity contribution in [2.75, 3.05) is 18.0 Å². The fraction of sp³-hybridized carbons (Fsp3) is 0.714. The minimum absolute atomic E-state index is 0.0151. The van der Waals surface area contributed by atoms with Crippen LogP contribution in [-0.2, 0) is 11.2 Å². The third-order valence-corrected chi connectivity index (χ3v) is 3.33. The summed E-state index contributed by atoms with van der Waals surface area (Å²) in [5.74, 6) is 0.327. The molecule has 1 aromatic rings. The Kier molecular flexibility index (Phi) is 5.23. The zero-order valence-electron chi connectivity index (χ0n) is 12.5. The second kappa shape index (κ2) is 6.78. The van der Waals surface area contributed by atoms with E-state index in [0.29, 0.717) is 24.7 Å². The zero-order valence-corrected chi connectivity index (χ0v) is 12.5. The van der Waals surface area contributed by atoms with E-state index in [0.717, 1.165) is 0 Å². The van der Waals surface area contributed by atoms with Crippen LogP contribution in [0.4, 0.5) is 19.1 Å². The Balaban J connectivity index is 2.01. The molecule has 5 nitrogen and oxygen atoms in total. The summed E-state index contributed by atoms with van der Waals surface area (Å²) in [6.07, 6.45) is -4.87. The second-order valence-corrected chi connectivity index (χ2v) is 5.66. The van der Waals surface area contributed by atoms with Crippen LogP contribution in [0.15, 0.2) is 12.3 Å². The number of aliphatic hydroxyl groups excluding tert-OH is 1. The smallest absolute Gasteiger partial charge is 0.388 e. The van der Waals surface area contributed by atoms with E-state index >= 15 is 0 Å². The minimum atomic E-state index is -4.20. The van der Waals surface area contributed by atoms with Gasteiger partial charge >= 0.3 is 6.18 Å². The number of halogens is 3. The number of β-amino-alcohol motifs (C(OH)–C–C–N with tert-alkyl or cyclic N) is 1. The lowest BCUT2D eigenvalue weighted by molar-refractivity contribution is -0.134. The third-order valence-electron chi connectivity index (χ3n) is 3.33.